The van der Waals surface area contributed by atoms with Crippen molar-refractivity contribution in [1.82, 2.24) is 19.6 Å². The van der Waals surface area contributed by atoms with Crippen LogP contribution in [0.2, 0.25) is 0 Å². The summed E-state index contributed by atoms with van der Waals surface area (Å²) in [7, 11) is 0. The lowest BCUT2D eigenvalue weighted by molar-refractivity contribution is 0.378. The van der Waals surface area contributed by atoms with Crippen molar-refractivity contribution in [3.63, 3.8) is 0 Å². The molecule has 3 heterocycles. The molecule has 4 aromatic rings. The van der Waals surface area contributed by atoms with Gasteiger partial charge >= 0.3 is 0 Å². The maximum atomic E-state index is 4.95. The molecule has 0 unspecified atom stereocenters. The number of aromatic nitrogens is 4. The molecule has 5 rings (SSSR count). The van der Waals surface area contributed by atoms with Gasteiger partial charge in [0.2, 0.25) is 5.95 Å². The Kier molecular flexibility index (Phi) is 4.43. The van der Waals surface area contributed by atoms with E-state index in [-0.39, 0.29) is 0 Å². The zero-order chi connectivity index (χ0) is 18.9. The van der Waals surface area contributed by atoms with Gasteiger partial charge in [0, 0.05) is 18.5 Å². The van der Waals surface area contributed by atoms with E-state index in [9.17, 15) is 0 Å². The minimum Gasteiger partial charge on any atom is -0.341 e. The Bertz CT molecular complexity index is 1090. The van der Waals surface area contributed by atoms with Gasteiger partial charge in [-0.15, -0.1) is 5.10 Å². The van der Waals surface area contributed by atoms with E-state index in [0.29, 0.717) is 0 Å². The van der Waals surface area contributed by atoms with Gasteiger partial charge in [0.05, 0.1) is 5.52 Å². The topological polar surface area (TPSA) is 46.3 Å². The van der Waals surface area contributed by atoms with Crippen LogP contribution in [0, 0.1) is 12.8 Å². The van der Waals surface area contributed by atoms with Crippen LogP contribution in [0.4, 0.5) is 5.95 Å². The first-order valence-electron chi connectivity index (χ1n) is 10.2. The third kappa shape index (κ3) is 3.21. The summed E-state index contributed by atoms with van der Waals surface area (Å²) in [6, 6.07) is 19.0. The van der Waals surface area contributed by atoms with E-state index in [1.807, 2.05) is 23.6 Å². The fourth-order valence-electron chi connectivity index (χ4n) is 4.29. The second-order valence-electron chi connectivity index (χ2n) is 7.78. The monoisotopic (exact) mass is 371 g/mol. The number of piperidine rings is 1. The van der Waals surface area contributed by atoms with Crippen LogP contribution in [-0.2, 0) is 6.42 Å². The average Bonchev–Trinajstić information content (AvgIpc) is 3.14. The van der Waals surface area contributed by atoms with E-state index in [2.05, 4.69) is 57.4 Å². The van der Waals surface area contributed by atoms with Crippen LogP contribution in [-0.4, -0.2) is 32.7 Å². The van der Waals surface area contributed by atoms with Gasteiger partial charge in [-0.2, -0.15) is 4.52 Å². The average molecular weight is 371 g/mol. The van der Waals surface area contributed by atoms with E-state index >= 15 is 0 Å². The number of benzene rings is 2. The fourth-order valence-corrected chi connectivity index (χ4v) is 4.29. The Morgan fingerprint density at radius 3 is 2.50 bits per heavy atom. The van der Waals surface area contributed by atoms with Gasteiger partial charge in [-0.1, -0.05) is 42.5 Å². The quantitative estimate of drug-likeness (QED) is 0.532. The summed E-state index contributed by atoms with van der Waals surface area (Å²) in [5.41, 5.74) is 3.34. The molecule has 0 spiro atoms. The molecule has 142 valence electrons. The van der Waals surface area contributed by atoms with Crippen molar-refractivity contribution in [3.05, 3.63) is 66.0 Å². The standard InChI is InChI=1S/C23H25N5/c1-17-24-22-20-9-5-6-10-21(20)25-23(28(22)26-17)27-15-13-19(14-16-27)12-11-18-7-3-2-4-8-18/h2-10,19H,11-16H2,1H3. The molecule has 28 heavy (non-hydrogen) atoms. The van der Waals surface area contributed by atoms with E-state index < -0.39 is 0 Å². The molecule has 2 aromatic heterocycles. The highest BCUT2D eigenvalue weighted by atomic mass is 15.4. The van der Waals surface area contributed by atoms with E-state index in [1.165, 1.54) is 31.2 Å². The van der Waals surface area contributed by atoms with Crippen molar-refractivity contribution in [2.24, 2.45) is 5.92 Å². The number of nitrogens with zero attached hydrogens (tertiary/aromatic N) is 5. The van der Waals surface area contributed by atoms with Gasteiger partial charge in [0.1, 0.15) is 5.82 Å². The molecule has 0 radical (unpaired) electrons. The lowest BCUT2D eigenvalue weighted by Crippen LogP contribution is -2.35. The summed E-state index contributed by atoms with van der Waals surface area (Å²) < 4.78 is 1.93. The molecular formula is C23H25N5. The van der Waals surface area contributed by atoms with Crippen molar-refractivity contribution >= 4 is 22.5 Å². The Hall–Kier alpha value is -2.95. The van der Waals surface area contributed by atoms with Crippen LogP contribution in [0.5, 0.6) is 0 Å². The number of hydrogen-bond acceptors (Lipinski definition) is 4. The SMILES string of the molecule is Cc1nc2c3ccccc3nc(N3CCC(CCc4ccccc4)CC3)n2n1. The van der Waals surface area contributed by atoms with Gasteiger partial charge in [0.25, 0.3) is 0 Å². The number of anilines is 1. The van der Waals surface area contributed by atoms with Crippen molar-refractivity contribution in [1.29, 1.82) is 0 Å². The first-order chi connectivity index (χ1) is 13.8. The fraction of sp³-hybridized carbons (Fsp3) is 0.348. The lowest BCUT2D eigenvalue weighted by Gasteiger charge is -2.32. The third-order valence-electron chi connectivity index (χ3n) is 5.85. The minimum absolute atomic E-state index is 0.782. The molecule has 1 saturated heterocycles. The molecule has 0 amide bonds. The number of aryl methyl sites for hydroxylation is 2. The molecule has 2 aromatic carbocycles. The Morgan fingerprint density at radius 1 is 0.929 bits per heavy atom. The van der Waals surface area contributed by atoms with Crippen LogP contribution in [0.1, 0.15) is 30.7 Å². The van der Waals surface area contributed by atoms with Gasteiger partial charge in [-0.25, -0.2) is 9.97 Å². The van der Waals surface area contributed by atoms with Crippen LogP contribution in [0.25, 0.3) is 16.6 Å². The van der Waals surface area contributed by atoms with Crippen LogP contribution in [0.3, 0.4) is 0 Å². The summed E-state index contributed by atoms with van der Waals surface area (Å²) in [6.45, 7) is 4.00. The van der Waals surface area contributed by atoms with Crippen LogP contribution >= 0.6 is 0 Å². The predicted octanol–water partition coefficient (Wildman–Crippen LogP) is 4.44. The Labute approximate surface area is 165 Å². The maximum Gasteiger partial charge on any atom is 0.229 e. The Morgan fingerprint density at radius 2 is 1.68 bits per heavy atom. The number of hydrogen-bond donors (Lipinski definition) is 0. The lowest BCUT2D eigenvalue weighted by atomic mass is 9.90. The van der Waals surface area contributed by atoms with Gasteiger partial charge < -0.3 is 4.90 Å². The van der Waals surface area contributed by atoms with Gasteiger partial charge in [-0.05, 0) is 56.2 Å². The van der Waals surface area contributed by atoms with Crippen molar-refractivity contribution in [3.8, 4) is 0 Å². The van der Waals surface area contributed by atoms with Crippen molar-refractivity contribution in [2.45, 2.75) is 32.6 Å². The zero-order valence-corrected chi connectivity index (χ0v) is 16.3. The van der Waals surface area contributed by atoms with E-state index in [4.69, 9.17) is 4.98 Å². The van der Waals surface area contributed by atoms with Gasteiger partial charge in [-0.3, -0.25) is 0 Å². The number of rotatable bonds is 4. The van der Waals surface area contributed by atoms with Crippen molar-refractivity contribution in [2.75, 3.05) is 18.0 Å². The molecule has 5 nitrogen and oxygen atoms in total. The molecule has 5 heteroatoms. The molecule has 0 N–H and O–H groups in total. The van der Waals surface area contributed by atoms with Crippen molar-refractivity contribution < 1.29 is 0 Å². The molecule has 0 bridgehead atoms. The first-order valence-corrected chi connectivity index (χ1v) is 10.2. The van der Waals surface area contributed by atoms with Crippen LogP contribution < -0.4 is 4.90 Å². The summed E-state index contributed by atoms with van der Waals surface area (Å²) in [4.78, 5) is 12.0. The summed E-state index contributed by atoms with van der Waals surface area (Å²) >= 11 is 0. The van der Waals surface area contributed by atoms with Gasteiger partial charge in [0.15, 0.2) is 5.65 Å². The number of para-hydroxylation sites is 1. The second-order valence-corrected chi connectivity index (χ2v) is 7.78. The summed E-state index contributed by atoms with van der Waals surface area (Å²) in [6.07, 6.45) is 4.85. The van der Waals surface area contributed by atoms with E-state index in [0.717, 1.165) is 47.3 Å². The highest BCUT2D eigenvalue weighted by Gasteiger charge is 2.23. The molecule has 1 aliphatic rings. The predicted molar refractivity (Wildman–Crippen MR) is 113 cm³/mol. The third-order valence-corrected chi connectivity index (χ3v) is 5.85. The van der Waals surface area contributed by atoms with Crippen LogP contribution in [0.15, 0.2) is 54.6 Å². The highest BCUT2D eigenvalue weighted by Crippen LogP contribution is 2.28. The molecular weight excluding hydrogens is 346 g/mol. The minimum atomic E-state index is 0.782. The maximum absolute atomic E-state index is 4.95. The van der Waals surface area contributed by atoms with E-state index in [1.54, 1.807) is 0 Å². The molecule has 1 fully saturated rings. The Balaban J connectivity index is 1.35. The zero-order valence-electron chi connectivity index (χ0n) is 16.3. The molecule has 0 saturated carbocycles. The first kappa shape index (κ1) is 17.2. The molecule has 0 aliphatic carbocycles. The summed E-state index contributed by atoms with van der Waals surface area (Å²) in [5.74, 6) is 2.50. The summed E-state index contributed by atoms with van der Waals surface area (Å²) in [5, 5.41) is 5.69. The highest BCUT2D eigenvalue weighted by molar-refractivity contribution is 5.92. The normalized spacial score (nSPS) is 15.5. The molecule has 0 atom stereocenters. The largest absolute Gasteiger partial charge is 0.341 e. The number of fused-ring (bicyclic) bond motifs is 3. The molecule has 1 aliphatic heterocycles. The smallest absolute Gasteiger partial charge is 0.229 e. The second kappa shape index (κ2) is 7.23.